The second-order valence-corrected chi connectivity index (χ2v) is 16.6. The van der Waals surface area contributed by atoms with E-state index in [1.165, 1.54) is 21.5 Å². The predicted octanol–water partition coefficient (Wildman–Crippen LogP) is 18.0. The van der Waals surface area contributed by atoms with Gasteiger partial charge < -0.3 is 19.1 Å². The summed E-state index contributed by atoms with van der Waals surface area (Å²) < 4.78 is 6.29. The van der Waals surface area contributed by atoms with Crippen molar-refractivity contribution in [1.29, 1.82) is 0 Å². The average molecular weight is 846 g/mol. The van der Waals surface area contributed by atoms with Crippen LogP contribution in [0.1, 0.15) is 0 Å². The molecule has 12 rings (SSSR count). The Bertz CT molecular complexity index is 3530. The van der Waals surface area contributed by atoms with Gasteiger partial charge in [-0.25, -0.2) is 0 Å². The number of para-hydroxylation sites is 4. The van der Waals surface area contributed by atoms with E-state index in [1.807, 2.05) is 12.1 Å². The molecule has 0 atom stereocenters. The van der Waals surface area contributed by atoms with Crippen molar-refractivity contribution in [2.45, 2.75) is 0 Å². The van der Waals surface area contributed by atoms with E-state index in [4.69, 9.17) is 4.42 Å². The first-order valence-corrected chi connectivity index (χ1v) is 22.4. The van der Waals surface area contributed by atoms with E-state index in [0.717, 1.165) is 84.3 Å². The minimum Gasteiger partial charge on any atom is -0.456 e. The molecule has 0 N–H and O–H groups in total. The Labute approximate surface area is 384 Å². The van der Waals surface area contributed by atoms with Crippen LogP contribution in [0.2, 0.25) is 0 Å². The molecule has 0 amide bonds. The van der Waals surface area contributed by atoms with Gasteiger partial charge in [-0.1, -0.05) is 158 Å². The van der Waals surface area contributed by atoms with Crippen LogP contribution in [0.4, 0.5) is 51.2 Å². The second kappa shape index (κ2) is 16.7. The largest absolute Gasteiger partial charge is 0.456 e. The van der Waals surface area contributed by atoms with Crippen LogP contribution < -0.4 is 14.7 Å². The molecule has 12 aromatic rings. The van der Waals surface area contributed by atoms with Gasteiger partial charge >= 0.3 is 0 Å². The standard InChI is InChI=1S/C62H43N3O/c1-4-24-48(25-5-1)63(52-37-38-62-58(43-52)57-33-14-15-36-61(57)66-62)51-30-16-23-46(39-51)47-40-53(64(49-26-6-2-7-27-49)59-34-17-21-44-19-10-12-31-55(44)59)42-54(41-47)65(50-28-8-3-9-29-50)60-35-18-22-45-20-11-13-32-56(45)60/h1-43H. The first kappa shape index (κ1) is 38.8. The quantitative estimate of drug-likeness (QED) is 0.137. The van der Waals surface area contributed by atoms with E-state index in [0.29, 0.717) is 0 Å². The zero-order chi connectivity index (χ0) is 43.8. The number of fused-ring (bicyclic) bond motifs is 5. The monoisotopic (exact) mass is 845 g/mol. The number of anilines is 9. The normalized spacial score (nSPS) is 11.3. The van der Waals surface area contributed by atoms with E-state index >= 15 is 0 Å². The third kappa shape index (κ3) is 7.08. The molecule has 312 valence electrons. The van der Waals surface area contributed by atoms with Crippen LogP contribution >= 0.6 is 0 Å². The fraction of sp³-hybridized carbons (Fsp3) is 0. The van der Waals surface area contributed by atoms with Crippen LogP contribution in [-0.4, -0.2) is 0 Å². The van der Waals surface area contributed by atoms with Gasteiger partial charge in [0.05, 0.1) is 11.4 Å². The van der Waals surface area contributed by atoms with E-state index < -0.39 is 0 Å². The van der Waals surface area contributed by atoms with Gasteiger partial charge in [0.15, 0.2) is 0 Å². The van der Waals surface area contributed by atoms with Crippen LogP contribution in [0.5, 0.6) is 0 Å². The molecule has 11 aromatic carbocycles. The average Bonchev–Trinajstić information content (AvgIpc) is 3.76. The van der Waals surface area contributed by atoms with Gasteiger partial charge in [-0.05, 0) is 125 Å². The van der Waals surface area contributed by atoms with E-state index in [-0.39, 0.29) is 0 Å². The summed E-state index contributed by atoms with van der Waals surface area (Å²) >= 11 is 0. The highest BCUT2D eigenvalue weighted by Gasteiger charge is 2.23. The lowest BCUT2D eigenvalue weighted by atomic mass is 9.99. The Morgan fingerprint density at radius 1 is 0.227 bits per heavy atom. The minimum atomic E-state index is 0.870. The van der Waals surface area contributed by atoms with Crippen LogP contribution in [0.15, 0.2) is 265 Å². The van der Waals surface area contributed by atoms with Crippen LogP contribution in [0, 0.1) is 0 Å². The van der Waals surface area contributed by atoms with Crippen molar-refractivity contribution in [3.05, 3.63) is 261 Å². The van der Waals surface area contributed by atoms with Crippen LogP contribution in [0.3, 0.4) is 0 Å². The van der Waals surface area contributed by atoms with Crippen molar-refractivity contribution in [2.24, 2.45) is 0 Å². The molecule has 0 bridgehead atoms. The lowest BCUT2D eigenvalue weighted by Crippen LogP contribution is -2.14. The summed E-state index contributed by atoms with van der Waals surface area (Å²) in [6.45, 7) is 0. The first-order valence-electron chi connectivity index (χ1n) is 22.4. The molecule has 0 aliphatic rings. The Morgan fingerprint density at radius 3 is 1.24 bits per heavy atom. The topological polar surface area (TPSA) is 22.9 Å². The minimum absolute atomic E-state index is 0.870. The summed E-state index contributed by atoms with van der Waals surface area (Å²) in [7, 11) is 0. The number of furan rings is 1. The molecule has 4 nitrogen and oxygen atoms in total. The fourth-order valence-electron chi connectivity index (χ4n) is 9.54. The maximum atomic E-state index is 6.29. The summed E-state index contributed by atoms with van der Waals surface area (Å²) in [6.07, 6.45) is 0. The van der Waals surface area contributed by atoms with Crippen LogP contribution in [-0.2, 0) is 0 Å². The van der Waals surface area contributed by atoms with Crippen molar-refractivity contribution in [1.82, 2.24) is 0 Å². The van der Waals surface area contributed by atoms with Gasteiger partial charge in [0, 0.05) is 61.4 Å². The zero-order valence-corrected chi connectivity index (χ0v) is 36.1. The summed E-state index contributed by atoms with van der Waals surface area (Å²) in [4.78, 5) is 7.16. The molecule has 0 aliphatic heterocycles. The SMILES string of the molecule is c1ccc(N(c2cccc(-c3cc(N(c4ccccc4)c4cccc5ccccc45)cc(N(c4ccccc4)c4cccc5ccccc45)c3)c2)c2ccc3oc4ccccc4c3c2)cc1. The molecule has 0 radical (unpaired) electrons. The molecule has 0 saturated carbocycles. The number of nitrogens with zero attached hydrogens (tertiary/aromatic N) is 3. The molecule has 1 heterocycles. The Balaban J connectivity index is 1.10. The molecule has 0 spiro atoms. The van der Waals surface area contributed by atoms with E-state index in [2.05, 4.69) is 263 Å². The Morgan fingerprint density at radius 2 is 0.652 bits per heavy atom. The number of benzene rings is 11. The van der Waals surface area contributed by atoms with Gasteiger partial charge in [0.1, 0.15) is 11.2 Å². The molecule has 0 fully saturated rings. The Hall–Kier alpha value is -8.86. The third-order valence-electron chi connectivity index (χ3n) is 12.5. The fourth-order valence-corrected chi connectivity index (χ4v) is 9.54. The number of rotatable bonds is 10. The van der Waals surface area contributed by atoms with E-state index in [1.54, 1.807) is 0 Å². The molecule has 0 saturated heterocycles. The van der Waals surface area contributed by atoms with Crippen molar-refractivity contribution in [3.8, 4) is 11.1 Å². The molecule has 4 heteroatoms. The molecule has 0 aliphatic carbocycles. The van der Waals surface area contributed by atoms with Gasteiger partial charge in [-0.2, -0.15) is 0 Å². The van der Waals surface area contributed by atoms with Gasteiger partial charge in [-0.15, -0.1) is 0 Å². The second-order valence-electron chi connectivity index (χ2n) is 16.6. The van der Waals surface area contributed by atoms with E-state index in [9.17, 15) is 0 Å². The Kier molecular flexibility index (Phi) is 9.81. The number of hydrogen-bond acceptors (Lipinski definition) is 4. The van der Waals surface area contributed by atoms with Gasteiger partial charge in [0.25, 0.3) is 0 Å². The summed E-state index contributed by atoms with van der Waals surface area (Å²) in [5.41, 5.74) is 13.5. The lowest BCUT2D eigenvalue weighted by Gasteiger charge is -2.31. The summed E-state index contributed by atoms with van der Waals surface area (Å²) in [6, 6.07) is 93.3. The number of hydrogen-bond donors (Lipinski definition) is 0. The highest BCUT2D eigenvalue weighted by Crippen LogP contribution is 2.47. The van der Waals surface area contributed by atoms with Gasteiger partial charge in [-0.3, -0.25) is 0 Å². The summed E-state index contributed by atoms with van der Waals surface area (Å²) in [5, 5.41) is 6.90. The maximum absolute atomic E-state index is 6.29. The molecule has 0 unspecified atom stereocenters. The predicted molar refractivity (Wildman–Crippen MR) is 278 cm³/mol. The highest BCUT2D eigenvalue weighted by atomic mass is 16.3. The van der Waals surface area contributed by atoms with Crippen molar-refractivity contribution < 1.29 is 4.42 Å². The van der Waals surface area contributed by atoms with Gasteiger partial charge in [0.2, 0.25) is 0 Å². The first-order chi connectivity index (χ1) is 32.7. The lowest BCUT2D eigenvalue weighted by molar-refractivity contribution is 0.669. The molecule has 1 aromatic heterocycles. The van der Waals surface area contributed by atoms with Crippen molar-refractivity contribution in [3.63, 3.8) is 0 Å². The highest BCUT2D eigenvalue weighted by molar-refractivity contribution is 6.07. The van der Waals surface area contributed by atoms with Crippen molar-refractivity contribution >= 4 is 94.7 Å². The molecule has 66 heavy (non-hydrogen) atoms. The third-order valence-corrected chi connectivity index (χ3v) is 12.5. The maximum Gasteiger partial charge on any atom is 0.135 e. The van der Waals surface area contributed by atoms with Crippen molar-refractivity contribution in [2.75, 3.05) is 14.7 Å². The summed E-state index contributed by atoms with van der Waals surface area (Å²) in [5.74, 6) is 0. The smallest absolute Gasteiger partial charge is 0.135 e. The van der Waals surface area contributed by atoms with Crippen LogP contribution in [0.25, 0.3) is 54.6 Å². The molecular weight excluding hydrogens is 803 g/mol. The zero-order valence-electron chi connectivity index (χ0n) is 36.1. The molecular formula is C62H43N3O.